The quantitative estimate of drug-likeness (QED) is 0.816. The van der Waals surface area contributed by atoms with Gasteiger partial charge in [0, 0.05) is 12.7 Å². The van der Waals surface area contributed by atoms with E-state index in [4.69, 9.17) is 5.26 Å². The van der Waals surface area contributed by atoms with Gasteiger partial charge < -0.3 is 4.90 Å². The number of carbonyl (C=O) groups is 1. The van der Waals surface area contributed by atoms with E-state index in [9.17, 15) is 4.79 Å². The summed E-state index contributed by atoms with van der Waals surface area (Å²) >= 11 is 0. The number of nitriles is 1. The number of pyridine rings is 1. The van der Waals surface area contributed by atoms with Gasteiger partial charge in [-0.1, -0.05) is 19.9 Å². The third kappa shape index (κ3) is 3.56. The molecule has 0 aliphatic heterocycles. The smallest absolute Gasteiger partial charge is 0.240 e. The van der Waals surface area contributed by atoms with E-state index in [0.717, 1.165) is 11.4 Å². The second-order valence-corrected chi connectivity index (χ2v) is 4.82. The summed E-state index contributed by atoms with van der Waals surface area (Å²) in [6, 6.07) is 7.78. The predicted octanol–water partition coefficient (Wildman–Crippen LogP) is 2.14. The summed E-state index contributed by atoms with van der Waals surface area (Å²) < 4.78 is 0. The number of amides is 1. The van der Waals surface area contributed by atoms with Gasteiger partial charge in [-0.3, -0.25) is 9.78 Å². The summed E-state index contributed by atoms with van der Waals surface area (Å²) in [4.78, 5) is 18.0. The van der Waals surface area contributed by atoms with Crippen LogP contribution in [0.4, 0.5) is 0 Å². The lowest BCUT2D eigenvalue weighted by Gasteiger charge is -2.21. The van der Waals surface area contributed by atoms with E-state index in [-0.39, 0.29) is 11.8 Å². The molecule has 0 N–H and O–H groups in total. The Labute approximate surface area is 108 Å². The zero-order chi connectivity index (χ0) is 13.7. The molecule has 0 aliphatic carbocycles. The molecule has 0 saturated carbocycles. The van der Waals surface area contributed by atoms with E-state index >= 15 is 0 Å². The fraction of sp³-hybridized carbons (Fsp3) is 0.500. The van der Waals surface area contributed by atoms with E-state index in [0.29, 0.717) is 6.54 Å². The molecule has 0 radical (unpaired) electrons. The van der Waals surface area contributed by atoms with Crippen molar-refractivity contribution in [2.75, 3.05) is 7.05 Å². The number of carbonyl (C=O) groups excluding carboxylic acids is 1. The highest BCUT2D eigenvalue weighted by atomic mass is 16.2. The van der Waals surface area contributed by atoms with Gasteiger partial charge in [0.15, 0.2) is 0 Å². The fourth-order valence-electron chi connectivity index (χ4n) is 1.74. The largest absolute Gasteiger partial charge is 0.339 e. The number of nitrogens with zero attached hydrogens (tertiary/aromatic N) is 3. The van der Waals surface area contributed by atoms with E-state index in [1.165, 1.54) is 0 Å². The Morgan fingerprint density at radius 2 is 2.17 bits per heavy atom. The van der Waals surface area contributed by atoms with Gasteiger partial charge in [-0.05, 0) is 25.0 Å². The Bertz CT molecular complexity index is 462. The van der Waals surface area contributed by atoms with Crippen LogP contribution in [0.25, 0.3) is 0 Å². The van der Waals surface area contributed by atoms with Gasteiger partial charge in [-0.25, -0.2) is 0 Å². The van der Waals surface area contributed by atoms with Crippen LogP contribution in [0.1, 0.15) is 25.2 Å². The minimum absolute atomic E-state index is 0.0235. The molecule has 1 aromatic rings. The molecule has 0 spiro atoms. The first kappa shape index (κ1) is 14.2. The molecule has 18 heavy (non-hydrogen) atoms. The molecule has 0 aliphatic rings. The fourth-order valence-corrected chi connectivity index (χ4v) is 1.74. The van der Waals surface area contributed by atoms with Gasteiger partial charge in [-0.15, -0.1) is 0 Å². The molecule has 0 bridgehead atoms. The minimum Gasteiger partial charge on any atom is -0.339 e. The molecule has 4 nitrogen and oxygen atoms in total. The lowest BCUT2D eigenvalue weighted by atomic mass is 9.96. The minimum atomic E-state index is -0.584. The van der Waals surface area contributed by atoms with Crippen LogP contribution in [0, 0.1) is 30.1 Å². The van der Waals surface area contributed by atoms with Gasteiger partial charge in [0.25, 0.3) is 0 Å². The van der Waals surface area contributed by atoms with Crippen LogP contribution in [0.5, 0.6) is 0 Å². The lowest BCUT2D eigenvalue weighted by molar-refractivity contribution is -0.134. The van der Waals surface area contributed by atoms with Crippen molar-refractivity contribution >= 4 is 5.91 Å². The van der Waals surface area contributed by atoms with Crippen LogP contribution < -0.4 is 0 Å². The van der Waals surface area contributed by atoms with Crippen molar-refractivity contribution in [1.29, 1.82) is 5.26 Å². The first-order valence-corrected chi connectivity index (χ1v) is 6.02. The average molecular weight is 245 g/mol. The van der Waals surface area contributed by atoms with Crippen LogP contribution >= 0.6 is 0 Å². The van der Waals surface area contributed by atoms with Gasteiger partial charge >= 0.3 is 0 Å². The van der Waals surface area contributed by atoms with Gasteiger partial charge in [0.1, 0.15) is 5.92 Å². The molecule has 1 atom stereocenters. The van der Waals surface area contributed by atoms with Crippen molar-refractivity contribution in [3.63, 3.8) is 0 Å². The van der Waals surface area contributed by atoms with Crippen molar-refractivity contribution in [3.8, 4) is 6.07 Å². The Kier molecular flexibility index (Phi) is 4.85. The summed E-state index contributed by atoms with van der Waals surface area (Å²) in [6.45, 7) is 6.11. The summed E-state index contributed by atoms with van der Waals surface area (Å²) in [5, 5.41) is 9.01. The molecule has 1 unspecified atom stereocenters. The summed E-state index contributed by atoms with van der Waals surface area (Å²) in [7, 11) is 1.71. The second-order valence-electron chi connectivity index (χ2n) is 4.82. The first-order valence-electron chi connectivity index (χ1n) is 6.02. The predicted molar refractivity (Wildman–Crippen MR) is 69.4 cm³/mol. The Morgan fingerprint density at radius 1 is 1.50 bits per heavy atom. The van der Waals surface area contributed by atoms with Crippen molar-refractivity contribution in [2.24, 2.45) is 11.8 Å². The maximum atomic E-state index is 12.1. The normalized spacial score (nSPS) is 12.0. The Morgan fingerprint density at radius 3 is 2.67 bits per heavy atom. The van der Waals surface area contributed by atoms with E-state index in [1.54, 1.807) is 11.9 Å². The molecule has 0 aromatic carbocycles. The third-order valence-corrected chi connectivity index (χ3v) is 2.79. The van der Waals surface area contributed by atoms with Crippen LogP contribution in [-0.2, 0) is 11.3 Å². The van der Waals surface area contributed by atoms with E-state index in [1.807, 2.05) is 39.0 Å². The molecule has 1 aromatic heterocycles. The Balaban J connectivity index is 2.74. The van der Waals surface area contributed by atoms with Crippen LogP contribution in [0.15, 0.2) is 18.2 Å². The molecule has 1 heterocycles. The summed E-state index contributed by atoms with van der Waals surface area (Å²) in [5.74, 6) is -0.703. The topological polar surface area (TPSA) is 57.0 Å². The van der Waals surface area contributed by atoms with Crippen LogP contribution in [0.3, 0.4) is 0 Å². The number of aryl methyl sites for hydroxylation is 1. The zero-order valence-corrected chi connectivity index (χ0v) is 11.3. The molecular weight excluding hydrogens is 226 g/mol. The third-order valence-electron chi connectivity index (χ3n) is 2.79. The standard InChI is InChI=1S/C14H19N3O/c1-10(2)13(8-15)14(18)17(4)9-12-7-5-6-11(3)16-12/h5-7,10,13H,9H2,1-4H3. The molecule has 96 valence electrons. The highest BCUT2D eigenvalue weighted by Crippen LogP contribution is 2.14. The van der Waals surface area contributed by atoms with Crippen molar-refractivity contribution < 1.29 is 4.79 Å². The molecule has 1 amide bonds. The highest BCUT2D eigenvalue weighted by Gasteiger charge is 2.25. The van der Waals surface area contributed by atoms with Gasteiger partial charge in [0.05, 0.1) is 18.3 Å². The molecule has 0 fully saturated rings. The second kappa shape index (κ2) is 6.15. The summed E-state index contributed by atoms with van der Waals surface area (Å²) in [6.07, 6.45) is 0. The van der Waals surface area contributed by atoms with Crippen LogP contribution in [0.2, 0.25) is 0 Å². The Hall–Kier alpha value is -1.89. The maximum Gasteiger partial charge on any atom is 0.240 e. The monoisotopic (exact) mass is 245 g/mol. The lowest BCUT2D eigenvalue weighted by Crippen LogP contribution is -2.34. The number of aromatic nitrogens is 1. The van der Waals surface area contributed by atoms with E-state index in [2.05, 4.69) is 11.1 Å². The number of rotatable bonds is 4. The van der Waals surface area contributed by atoms with Crippen molar-refractivity contribution in [2.45, 2.75) is 27.3 Å². The number of hydrogen-bond acceptors (Lipinski definition) is 3. The zero-order valence-electron chi connectivity index (χ0n) is 11.3. The van der Waals surface area contributed by atoms with E-state index < -0.39 is 5.92 Å². The van der Waals surface area contributed by atoms with Crippen molar-refractivity contribution in [1.82, 2.24) is 9.88 Å². The molecule has 0 saturated heterocycles. The van der Waals surface area contributed by atoms with Crippen LogP contribution in [-0.4, -0.2) is 22.8 Å². The summed E-state index contributed by atoms with van der Waals surface area (Å²) in [5.41, 5.74) is 1.76. The van der Waals surface area contributed by atoms with Crippen molar-refractivity contribution in [3.05, 3.63) is 29.6 Å². The SMILES string of the molecule is Cc1cccc(CN(C)C(=O)C(C#N)C(C)C)n1. The first-order chi connectivity index (χ1) is 8.45. The maximum absolute atomic E-state index is 12.1. The molecular formula is C14H19N3O. The van der Waals surface area contributed by atoms with Gasteiger partial charge in [0.2, 0.25) is 5.91 Å². The highest BCUT2D eigenvalue weighted by molar-refractivity contribution is 5.81. The molecule has 1 rings (SSSR count). The average Bonchev–Trinajstić information content (AvgIpc) is 2.29. The van der Waals surface area contributed by atoms with Gasteiger partial charge in [-0.2, -0.15) is 5.26 Å². The molecule has 4 heteroatoms. The number of hydrogen-bond donors (Lipinski definition) is 0.